The van der Waals surface area contributed by atoms with E-state index in [9.17, 15) is 22.8 Å². The van der Waals surface area contributed by atoms with Gasteiger partial charge in [-0.3, -0.25) is 19.0 Å². The van der Waals surface area contributed by atoms with Crippen LogP contribution in [0.3, 0.4) is 0 Å². The first kappa shape index (κ1) is 50.1. The molecule has 2 aliphatic carbocycles. The minimum Gasteiger partial charge on any atom is -0.496 e. The van der Waals surface area contributed by atoms with Gasteiger partial charge in [0.25, 0.3) is 0 Å². The van der Waals surface area contributed by atoms with E-state index >= 15 is 0 Å². The average molecular weight is 806 g/mol. The summed E-state index contributed by atoms with van der Waals surface area (Å²) in [4.78, 5) is 41.1. The van der Waals surface area contributed by atoms with Gasteiger partial charge in [-0.2, -0.15) is 13.2 Å². The largest absolute Gasteiger partial charge is 0.496 e. The van der Waals surface area contributed by atoms with E-state index in [-0.39, 0.29) is 37.7 Å². The van der Waals surface area contributed by atoms with E-state index in [1.165, 1.54) is 32.1 Å². The molecule has 14 nitrogen and oxygen atoms in total. The Balaban J connectivity index is 0.00000231. The summed E-state index contributed by atoms with van der Waals surface area (Å²) in [5, 5.41) is 15.7. The number of rotatable bonds is 13. The quantitative estimate of drug-likeness (QED) is 0.112. The summed E-state index contributed by atoms with van der Waals surface area (Å²) in [6, 6.07) is 22.7. The normalized spacial score (nSPS) is 13.2. The van der Waals surface area contributed by atoms with E-state index in [4.69, 9.17) is 23.8 Å². The Hall–Kier alpha value is -5.86. The number of carbonyl (C=O) groups is 3. The number of oxazole rings is 1. The molecule has 0 radical (unpaired) electrons. The van der Waals surface area contributed by atoms with Gasteiger partial charge in [0.2, 0.25) is 0 Å². The summed E-state index contributed by atoms with van der Waals surface area (Å²) in [5.74, 6) is -0.876. The summed E-state index contributed by atoms with van der Waals surface area (Å²) in [6.45, 7) is 2.03. The fraction of sp³-hybridized carbons (Fsp3) is 0.333. The Morgan fingerprint density at radius 3 is 2.12 bits per heavy atom. The number of methoxy groups -OCH3 is 1. The topological polar surface area (TPSA) is 218 Å². The van der Waals surface area contributed by atoms with Crippen molar-refractivity contribution in [3.8, 4) is 17.1 Å². The molecular weight excluding hydrogens is 760 g/mol. The number of anilines is 2. The molecule has 1 atom stereocenters. The number of hydrogen-bond donors (Lipinski definition) is 4. The van der Waals surface area contributed by atoms with Crippen LogP contribution < -0.4 is 20.7 Å². The molecule has 8 N–H and O–H groups in total. The second-order valence-corrected chi connectivity index (χ2v) is 12.1. The molecule has 0 saturated heterocycles. The van der Waals surface area contributed by atoms with Crippen molar-refractivity contribution < 1.29 is 71.6 Å². The molecule has 0 aliphatic heterocycles. The monoisotopic (exact) mass is 805 g/mol. The molecular formula is C36H45F6N5O9. The molecule has 310 valence electrons. The predicted molar refractivity (Wildman–Crippen MR) is 196 cm³/mol. The van der Waals surface area contributed by atoms with Gasteiger partial charge in [0.1, 0.15) is 11.9 Å². The van der Waals surface area contributed by atoms with Gasteiger partial charge < -0.3 is 45.9 Å². The van der Waals surface area contributed by atoms with Gasteiger partial charge in [-0.05, 0) is 67.0 Å². The molecule has 56 heavy (non-hydrogen) atoms. The third-order valence-electron chi connectivity index (χ3n) is 8.10. The number of alkyl halides is 3. The summed E-state index contributed by atoms with van der Waals surface area (Å²) in [5.41, 5.74) is 3.67. The highest BCUT2D eigenvalue weighted by Crippen LogP contribution is 2.36. The van der Waals surface area contributed by atoms with Gasteiger partial charge in [0.15, 0.2) is 12.2 Å². The van der Waals surface area contributed by atoms with Crippen molar-refractivity contribution in [3.63, 3.8) is 0 Å². The molecule has 2 aliphatic rings. The van der Waals surface area contributed by atoms with E-state index in [1.807, 2.05) is 48.5 Å². The maximum atomic E-state index is 13.0. The van der Waals surface area contributed by atoms with Crippen molar-refractivity contribution in [3.05, 3.63) is 96.5 Å². The summed E-state index contributed by atoms with van der Waals surface area (Å²) < 4.78 is 48.5. The summed E-state index contributed by atoms with van der Waals surface area (Å²) in [7, 11) is 1.55. The molecule has 20 heteroatoms. The van der Waals surface area contributed by atoms with Gasteiger partial charge in [0, 0.05) is 43.1 Å². The number of nitrogens with zero attached hydrogens (tertiary/aromatic N) is 2. The Kier molecular flexibility index (Phi) is 20.7. The number of halogens is 6. The van der Waals surface area contributed by atoms with Crippen molar-refractivity contribution in [1.29, 1.82) is 0 Å². The molecule has 3 aromatic carbocycles. The van der Waals surface area contributed by atoms with Crippen LogP contribution in [0.25, 0.3) is 11.3 Å². The van der Waals surface area contributed by atoms with Gasteiger partial charge in [-0.25, -0.2) is 19.4 Å². The van der Waals surface area contributed by atoms with Crippen LogP contribution in [0.5, 0.6) is 5.75 Å². The van der Waals surface area contributed by atoms with Crippen molar-refractivity contribution in [2.75, 3.05) is 30.8 Å². The number of carboxylic acids is 1. The number of aliphatic carboxylic acids is 1. The van der Waals surface area contributed by atoms with Crippen LogP contribution in [-0.4, -0.2) is 76.5 Å². The Labute approximate surface area is 317 Å². The van der Waals surface area contributed by atoms with Crippen molar-refractivity contribution in [2.24, 2.45) is 5.92 Å². The lowest BCUT2D eigenvalue weighted by atomic mass is 10.1. The molecule has 1 unspecified atom stereocenters. The first-order chi connectivity index (χ1) is 24.5. The lowest BCUT2D eigenvalue weighted by Gasteiger charge is -2.28. The number of urea groups is 1. The van der Waals surface area contributed by atoms with Crippen LogP contribution in [0.2, 0.25) is 0 Å². The lowest BCUT2D eigenvalue weighted by Crippen LogP contribution is -2.36. The molecule has 1 aromatic heterocycles. The molecule has 1 heterocycles. The van der Waals surface area contributed by atoms with Crippen LogP contribution in [0, 0.1) is 5.92 Å². The molecule has 4 aromatic rings. The van der Waals surface area contributed by atoms with Gasteiger partial charge in [-0.15, -0.1) is 0 Å². The highest BCUT2D eigenvalue weighted by molar-refractivity contribution is 6.00. The second kappa shape index (κ2) is 23.1. The molecule has 2 fully saturated rings. The number of hydrogen-bond acceptors (Lipinski definition) is 8. The maximum absolute atomic E-state index is 13.0. The SMILES string of the molecule is COc1cc(NC(=O)Nc2cccc(CNC(=O)OC(CN(CC3CC3)C3CC3)c3ccccc3)c2)ccc1-c1cnco1.F.F.F.O.O.O=C(O)C(F)(F)F. The van der Waals surface area contributed by atoms with E-state index in [0.29, 0.717) is 35.5 Å². The Morgan fingerprint density at radius 2 is 1.57 bits per heavy atom. The second-order valence-electron chi connectivity index (χ2n) is 12.1. The number of amides is 3. The van der Waals surface area contributed by atoms with Gasteiger partial charge >= 0.3 is 24.3 Å². The first-order valence-electron chi connectivity index (χ1n) is 16.3. The summed E-state index contributed by atoms with van der Waals surface area (Å²) in [6.07, 6.45) is 2.06. The smallest absolute Gasteiger partial charge is 0.490 e. The number of benzene rings is 3. The zero-order valence-corrected chi connectivity index (χ0v) is 29.9. The number of nitrogens with one attached hydrogen (secondary N) is 3. The van der Waals surface area contributed by atoms with E-state index < -0.39 is 24.3 Å². The predicted octanol–water partition coefficient (Wildman–Crippen LogP) is 6.28. The first-order valence-corrected chi connectivity index (χ1v) is 16.3. The molecule has 6 rings (SSSR count). The van der Waals surface area contributed by atoms with Crippen molar-refractivity contribution in [2.45, 2.75) is 50.6 Å². The molecule has 0 spiro atoms. The number of aromatic nitrogens is 1. The number of alkyl carbamates (subject to hydrolysis) is 1. The Bertz CT molecular complexity index is 1780. The Morgan fingerprint density at radius 1 is 0.929 bits per heavy atom. The van der Waals surface area contributed by atoms with Gasteiger partial charge in [-0.1, -0.05) is 42.5 Å². The zero-order valence-electron chi connectivity index (χ0n) is 29.9. The number of carboxylic acid groups (broad SMARTS) is 1. The van der Waals surface area contributed by atoms with Crippen molar-refractivity contribution >= 4 is 29.5 Å². The molecule has 2 saturated carbocycles. The van der Waals surface area contributed by atoms with Crippen LogP contribution >= 0.6 is 0 Å². The third kappa shape index (κ3) is 15.5. The average Bonchev–Trinajstić information content (AvgIpc) is 4.05. The minimum absolute atomic E-state index is 0. The van der Waals surface area contributed by atoms with Gasteiger partial charge in [0.05, 0.1) is 18.9 Å². The van der Waals surface area contributed by atoms with E-state index in [2.05, 4.69) is 25.8 Å². The van der Waals surface area contributed by atoms with Crippen LogP contribution in [0.4, 0.5) is 48.2 Å². The van der Waals surface area contributed by atoms with E-state index in [1.54, 1.807) is 37.6 Å². The fourth-order valence-electron chi connectivity index (χ4n) is 5.25. The molecule has 3 amide bonds. The highest BCUT2D eigenvalue weighted by atomic mass is 19.4. The number of carbonyl (C=O) groups excluding carboxylic acids is 2. The highest BCUT2D eigenvalue weighted by Gasteiger charge is 2.38. The van der Waals surface area contributed by atoms with Crippen LogP contribution in [0.15, 0.2) is 89.8 Å². The standard InChI is InChI=1S/C34H37N5O5.C2HF3O2.3FH.2H2O/c1-42-30-17-27(12-15-29(30)31-19-35-22-43-31)38-33(40)37-26-9-5-6-24(16-26)18-36-34(41)44-32(25-7-3-2-4-8-25)21-39(28-13-14-28)20-23-10-11-23;3-2(4,5)1(6)7;;;;;/h2-9,12,15-17,19,22-23,28,32H,10-11,13-14,18,20-21H2,1H3,(H,36,41)(H2,37,38,40);(H,6,7);3*1H;2*1H2. The van der Waals surface area contributed by atoms with E-state index in [0.717, 1.165) is 29.2 Å². The van der Waals surface area contributed by atoms with Crippen molar-refractivity contribution in [1.82, 2.24) is 15.2 Å². The zero-order chi connectivity index (χ0) is 36.4. The minimum atomic E-state index is -5.08. The van der Waals surface area contributed by atoms with Crippen LogP contribution in [0.1, 0.15) is 42.9 Å². The number of ether oxygens (including phenoxy) is 2. The summed E-state index contributed by atoms with van der Waals surface area (Å²) >= 11 is 0. The third-order valence-corrected chi connectivity index (χ3v) is 8.10. The molecule has 0 bridgehead atoms. The maximum Gasteiger partial charge on any atom is 0.490 e. The lowest BCUT2D eigenvalue weighted by molar-refractivity contribution is -0.192. The van der Waals surface area contributed by atoms with Crippen LogP contribution in [-0.2, 0) is 16.1 Å². The fourth-order valence-corrected chi connectivity index (χ4v) is 5.25.